The third-order valence-corrected chi connectivity index (χ3v) is 3.06. The maximum Gasteiger partial charge on any atom is 0.0635 e. The molecule has 0 amide bonds. The van der Waals surface area contributed by atoms with Crippen LogP contribution in [0.25, 0.3) is 0 Å². The molecule has 1 aliphatic rings. The standard InChI is InChI=1S/C12H18N2O/c13-10-4-6-11(7-5-10)14-8-2-1-3-12(14)9-15/h4-7,12,15H,1-3,8-9,13H2. The highest BCUT2D eigenvalue weighted by Crippen LogP contribution is 2.25. The van der Waals surface area contributed by atoms with Crippen LogP contribution in [0.2, 0.25) is 0 Å². The van der Waals surface area contributed by atoms with Crippen molar-refractivity contribution in [2.75, 3.05) is 23.8 Å². The summed E-state index contributed by atoms with van der Waals surface area (Å²) in [4.78, 5) is 2.28. The van der Waals surface area contributed by atoms with E-state index >= 15 is 0 Å². The van der Waals surface area contributed by atoms with Crippen LogP contribution in [-0.4, -0.2) is 24.3 Å². The van der Waals surface area contributed by atoms with E-state index in [2.05, 4.69) is 4.90 Å². The molecule has 1 aromatic carbocycles. The molecule has 3 N–H and O–H groups in total. The van der Waals surface area contributed by atoms with E-state index in [9.17, 15) is 5.11 Å². The number of nitrogens with zero attached hydrogens (tertiary/aromatic N) is 1. The molecule has 1 fully saturated rings. The first-order valence-corrected chi connectivity index (χ1v) is 5.54. The van der Waals surface area contributed by atoms with Crippen LogP contribution in [0.4, 0.5) is 11.4 Å². The van der Waals surface area contributed by atoms with Crippen molar-refractivity contribution in [1.29, 1.82) is 0 Å². The van der Waals surface area contributed by atoms with Crippen LogP contribution in [-0.2, 0) is 0 Å². The Bertz CT molecular complexity index is 310. The monoisotopic (exact) mass is 206 g/mol. The zero-order valence-corrected chi connectivity index (χ0v) is 8.89. The van der Waals surface area contributed by atoms with Crippen molar-refractivity contribution < 1.29 is 5.11 Å². The van der Waals surface area contributed by atoms with Crippen molar-refractivity contribution >= 4 is 11.4 Å². The summed E-state index contributed by atoms with van der Waals surface area (Å²) < 4.78 is 0. The summed E-state index contributed by atoms with van der Waals surface area (Å²) >= 11 is 0. The van der Waals surface area contributed by atoms with Crippen LogP contribution < -0.4 is 10.6 Å². The Balaban J connectivity index is 2.16. The molecule has 1 aromatic rings. The second-order valence-electron chi connectivity index (χ2n) is 4.12. The number of aliphatic hydroxyl groups is 1. The van der Waals surface area contributed by atoms with E-state index in [1.165, 1.54) is 18.5 Å². The lowest BCUT2D eigenvalue weighted by Crippen LogP contribution is -2.41. The molecule has 0 aromatic heterocycles. The average Bonchev–Trinajstić information content (AvgIpc) is 2.30. The average molecular weight is 206 g/mol. The third kappa shape index (κ3) is 2.23. The van der Waals surface area contributed by atoms with E-state index in [0.29, 0.717) is 0 Å². The molecule has 2 rings (SSSR count). The summed E-state index contributed by atoms with van der Waals surface area (Å²) in [5.41, 5.74) is 7.61. The highest BCUT2D eigenvalue weighted by molar-refractivity contribution is 5.54. The van der Waals surface area contributed by atoms with Crippen LogP contribution in [0.5, 0.6) is 0 Å². The topological polar surface area (TPSA) is 49.5 Å². The van der Waals surface area contributed by atoms with Gasteiger partial charge in [-0.3, -0.25) is 0 Å². The summed E-state index contributed by atoms with van der Waals surface area (Å²) in [6, 6.07) is 8.17. The van der Waals surface area contributed by atoms with Gasteiger partial charge in [0.2, 0.25) is 0 Å². The number of piperidine rings is 1. The van der Waals surface area contributed by atoms with Gasteiger partial charge < -0.3 is 15.7 Å². The number of aliphatic hydroxyl groups excluding tert-OH is 1. The number of hydrogen-bond acceptors (Lipinski definition) is 3. The molecule has 1 unspecified atom stereocenters. The van der Waals surface area contributed by atoms with Gasteiger partial charge >= 0.3 is 0 Å². The predicted octanol–water partition coefficient (Wildman–Crippen LogP) is 1.62. The largest absolute Gasteiger partial charge is 0.399 e. The lowest BCUT2D eigenvalue weighted by molar-refractivity contribution is 0.240. The fourth-order valence-corrected chi connectivity index (χ4v) is 2.20. The minimum atomic E-state index is 0.240. The summed E-state index contributed by atoms with van der Waals surface area (Å²) in [5, 5.41) is 9.31. The van der Waals surface area contributed by atoms with Gasteiger partial charge in [-0.2, -0.15) is 0 Å². The van der Waals surface area contributed by atoms with E-state index < -0.39 is 0 Å². The molecule has 3 heteroatoms. The van der Waals surface area contributed by atoms with E-state index in [4.69, 9.17) is 5.73 Å². The number of rotatable bonds is 2. The maximum atomic E-state index is 9.31. The first kappa shape index (κ1) is 10.3. The highest BCUT2D eigenvalue weighted by atomic mass is 16.3. The Hall–Kier alpha value is -1.22. The molecule has 0 radical (unpaired) electrons. The predicted molar refractivity (Wildman–Crippen MR) is 62.9 cm³/mol. The van der Waals surface area contributed by atoms with Gasteiger partial charge in [0.05, 0.1) is 12.6 Å². The first-order valence-electron chi connectivity index (χ1n) is 5.54. The first-order chi connectivity index (χ1) is 7.31. The Kier molecular flexibility index (Phi) is 3.11. The quantitative estimate of drug-likeness (QED) is 0.723. The molecule has 0 spiro atoms. The zero-order chi connectivity index (χ0) is 10.7. The van der Waals surface area contributed by atoms with E-state index in [1.807, 2.05) is 24.3 Å². The van der Waals surface area contributed by atoms with Crippen LogP contribution in [0, 0.1) is 0 Å². The van der Waals surface area contributed by atoms with Gasteiger partial charge in [0.1, 0.15) is 0 Å². The van der Waals surface area contributed by atoms with Crippen molar-refractivity contribution in [3.63, 3.8) is 0 Å². The van der Waals surface area contributed by atoms with Gasteiger partial charge in [0.15, 0.2) is 0 Å². The Labute approximate surface area is 90.5 Å². The molecule has 82 valence electrons. The van der Waals surface area contributed by atoms with Crippen LogP contribution in [0.3, 0.4) is 0 Å². The van der Waals surface area contributed by atoms with Crippen molar-refractivity contribution in [2.45, 2.75) is 25.3 Å². The molecule has 0 saturated carbocycles. The summed E-state index contributed by atoms with van der Waals surface area (Å²) in [6.07, 6.45) is 3.51. The van der Waals surface area contributed by atoms with Gasteiger partial charge in [0, 0.05) is 17.9 Å². The molecular formula is C12H18N2O. The van der Waals surface area contributed by atoms with Gasteiger partial charge in [-0.1, -0.05) is 0 Å². The number of anilines is 2. The van der Waals surface area contributed by atoms with Gasteiger partial charge in [-0.05, 0) is 43.5 Å². The van der Waals surface area contributed by atoms with E-state index in [0.717, 1.165) is 18.7 Å². The summed E-state index contributed by atoms with van der Waals surface area (Å²) in [7, 11) is 0. The molecular weight excluding hydrogens is 188 g/mol. The molecule has 1 aliphatic heterocycles. The highest BCUT2D eigenvalue weighted by Gasteiger charge is 2.21. The lowest BCUT2D eigenvalue weighted by atomic mass is 10.0. The molecule has 1 atom stereocenters. The van der Waals surface area contributed by atoms with Gasteiger partial charge in [0.25, 0.3) is 0 Å². The molecule has 1 saturated heterocycles. The Morgan fingerprint density at radius 3 is 2.67 bits per heavy atom. The number of nitrogen functional groups attached to an aromatic ring is 1. The summed E-state index contributed by atoms with van der Waals surface area (Å²) in [5.74, 6) is 0. The van der Waals surface area contributed by atoms with Crippen LogP contribution in [0.1, 0.15) is 19.3 Å². The van der Waals surface area contributed by atoms with E-state index in [-0.39, 0.29) is 12.6 Å². The second-order valence-corrected chi connectivity index (χ2v) is 4.12. The zero-order valence-electron chi connectivity index (χ0n) is 8.89. The Morgan fingerprint density at radius 2 is 2.00 bits per heavy atom. The van der Waals surface area contributed by atoms with Crippen molar-refractivity contribution in [2.24, 2.45) is 0 Å². The van der Waals surface area contributed by atoms with Crippen molar-refractivity contribution in [1.82, 2.24) is 0 Å². The van der Waals surface area contributed by atoms with Crippen LogP contribution in [0.15, 0.2) is 24.3 Å². The Morgan fingerprint density at radius 1 is 1.27 bits per heavy atom. The normalized spacial score (nSPS) is 21.7. The SMILES string of the molecule is Nc1ccc(N2CCCCC2CO)cc1. The molecule has 15 heavy (non-hydrogen) atoms. The van der Waals surface area contributed by atoms with Crippen molar-refractivity contribution in [3.05, 3.63) is 24.3 Å². The summed E-state index contributed by atoms with van der Waals surface area (Å²) in [6.45, 7) is 1.28. The molecule has 3 nitrogen and oxygen atoms in total. The smallest absolute Gasteiger partial charge is 0.0635 e. The molecule has 0 aliphatic carbocycles. The minimum Gasteiger partial charge on any atom is -0.399 e. The second kappa shape index (κ2) is 4.53. The number of benzene rings is 1. The van der Waals surface area contributed by atoms with Gasteiger partial charge in [-0.15, -0.1) is 0 Å². The van der Waals surface area contributed by atoms with E-state index in [1.54, 1.807) is 0 Å². The minimum absolute atomic E-state index is 0.240. The molecule has 1 heterocycles. The van der Waals surface area contributed by atoms with Gasteiger partial charge in [-0.25, -0.2) is 0 Å². The van der Waals surface area contributed by atoms with Crippen molar-refractivity contribution in [3.8, 4) is 0 Å². The maximum absolute atomic E-state index is 9.31. The third-order valence-electron chi connectivity index (χ3n) is 3.06. The molecule has 0 bridgehead atoms. The number of hydrogen-bond donors (Lipinski definition) is 2. The fraction of sp³-hybridized carbons (Fsp3) is 0.500. The fourth-order valence-electron chi connectivity index (χ4n) is 2.20. The number of nitrogens with two attached hydrogens (primary N) is 1. The van der Waals surface area contributed by atoms with Crippen LogP contribution >= 0.6 is 0 Å². The lowest BCUT2D eigenvalue weighted by Gasteiger charge is -2.36.